The highest BCUT2D eigenvalue weighted by Gasteiger charge is 2.27. The third-order valence-corrected chi connectivity index (χ3v) is 3.40. The van der Waals surface area contributed by atoms with Crippen molar-refractivity contribution in [1.82, 2.24) is 4.90 Å². The molecule has 0 aliphatic heterocycles. The molecular weight excluding hydrogens is 228 g/mol. The molecule has 0 radical (unpaired) electrons. The minimum absolute atomic E-state index is 0.0151. The highest BCUT2D eigenvalue weighted by atomic mass is 16.3. The summed E-state index contributed by atoms with van der Waals surface area (Å²) in [6.07, 6.45) is 2.65. The molecule has 0 rings (SSSR count). The van der Waals surface area contributed by atoms with Gasteiger partial charge in [-0.1, -0.05) is 27.7 Å². The van der Waals surface area contributed by atoms with Gasteiger partial charge >= 0.3 is 0 Å². The predicted octanol–water partition coefficient (Wildman–Crippen LogP) is 1.62. The molecule has 1 unspecified atom stereocenters. The number of hydrogen-bond acceptors (Lipinski definition) is 3. The van der Waals surface area contributed by atoms with Gasteiger partial charge in [0, 0.05) is 19.1 Å². The Morgan fingerprint density at radius 3 is 2.17 bits per heavy atom. The number of nitrogens with two attached hydrogens (primary N) is 1. The van der Waals surface area contributed by atoms with Crippen molar-refractivity contribution in [3.05, 3.63) is 0 Å². The first-order valence-electron chi connectivity index (χ1n) is 7.13. The summed E-state index contributed by atoms with van der Waals surface area (Å²) in [7, 11) is 0. The molecule has 0 bridgehead atoms. The van der Waals surface area contributed by atoms with Gasteiger partial charge in [-0.3, -0.25) is 4.79 Å². The van der Waals surface area contributed by atoms with Crippen LogP contribution >= 0.6 is 0 Å². The van der Waals surface area contributed by atoms with Crippen molar-refractivity contribution >= 4 is 5.91 Å². The van der Waals surface area contributed by atoms with E-state index in [-0.39, 0.29) is 24.5 Å². The Kier molecular flexibility index (Phi) is 9.02. The zero-order valence-corrected chi connectivity index (χ0v) is 12.4. The van der Waals surface area contributed by atoms with Crippen LogP contribution in [0.15, 0.2) is 0 Å². The van der Waals surface area contributed by atoms with Crippen LogP contribution in [0.1, 0.15) is 47.0 Å². The lowest BCUT2D eigenvalue weighted by Crippen LogP contribution is -2.46. The van der Waals surface area contributed by atoms with E-state index < -0.39 is 0 Å². The van der Waals surface area contributed by atoms with E-state index in [2.05, 4.69) is 27.7 Å². The second-order valence-electron chi connectivity index (χ2n) is 5.29. The van der Waals surface area contributed by atoms with Crippen molar-refractivity contribution in [1.29, 1.82) is 0 Å². The van der Waals surface area contributed by atoms with Crippen LogP contribution in [0, 0.1) is 11.8 Å². The second-order valence-corrected chi connectivity index (χ2v) is 5.29. The summed E-state index contributed by atoms with van der Waals surface area (Å²) < 4.78 is 0. The molecule has 0 heterocycles. The number of nitrogens with zero attached hydrogens (tertiary/aromatic N) is 1. The van der Waals surface area contributed by atoms with E-state index in [0.29, 0.717) is 19.0 Å². The molecule has 0 aliphatic carbocycles. The van der Waals surface area contributed by atoms with Gasteiger partial charge in [0.05, 0.1) is 12.5 Å². The van der Waals surface area contributed by atoms with Crippen LogP contribution in [0.3, 0.4) is 0 Å². The summed E-state index contributed by atoms with van der Waals surface area (Å²) in [6, 6.07) is 0.214. The van der Waals surface area contributed by atoms with E-state index in [1.165, 1.54) is 0 Å². The Balaban J connectivity index is 4.80. The van der Waals surface area contributed by atoms with Gasteiger partial charge < -0.3 is 15.7 Å². The molecule has 1 atom stereocenters. The zero-order valence-electron chi connectivity index (χ0n) is 12.4. The topological polar surface area (TPSA) is 66.6 Å². The van der Waals surface area contributed by atoms with Gasteiger partial charge in [0.15, 0.2) is 0 Å². The van der Waals surface area contributed by atoms with E-state index >= 15 is 0 Å². The van der Waals surface area contributed by atoms with Crippen LogP contribution < -0.4 is 5.73 Å². The summed E-state index contributed by atoms with van der Waals surface area (Å²) in [4.78, 5) is 14.3. The average Bonchev–Trinajstić information content (AvgIpc) is 2.35. The summed E-state index contributed by atoms with van der Waals surface area (Å²) in [5.41, 5.74) is 5.73. The zero-order chi connectivity index (χ0) is 14.1. The molecule has 0 aromatic rings. The Morgan fingerprint density at radius 2 is 1.83 bits per heavy atom. The Morgan fingerprint density at radius 1 is 1.28 bits per heavy atom. The van der Waals surface area contributed by atoms with Gasteiger partial charge in [-0.25, -0.2) is 0 Å². The van der Waals surface area contributed by atoms with Crippen molar-refractivity contribution in [3.8, 4) is 0 Å². The lowest BCUT2D eigenvalue weighted by atomic mass is 9.94. The molecule has 0 saturated heterocycles. The summed E-state index contributed by atoms with van der Waals surface area (Å²) in [6.45, 7) is 9.17. The molecule has 18 heavy (non-hydrogen) atoms. The van der Waals surface area contributed by atoms with E-state index in [0.717, 1.165) is 19.3 Å². The summed E-state index contributed by atoms with van der Waals surface area (Å²) >= 11 is 0. The van der Waals surface area contributed by atoms with Crippen molar-refractivity contribution in [2.24, 2.45) is 17.6 Å². The third-order valence-electron chi connectivity index (χ3n) is 3.40. The molecule has 0 aromatic heterocycles. The molecule has 0 aliphatic rings. The number of aliphatic hydroxyl groups is 1. The lowest BCUT2D eigenvalue weighted by Gasteiger charge is -2.33. The van der Waals surface area contributed by atoms with Gasteiger partial charge in [0.25, 0.3) is 0 Å². The molecule has 108 valence electrons. The second kappa shape index (κ2) is 9.34. The van der Waals surface area contributed by atoms with Gasteiger partial charge in [-0.05, 0) is 25.2 Å². The van der Waals surface area contributed by atoms with Gasteiger partial charge in [-0.2, -0.15) is 0 Å². The Bertz CT molecular complexity index is 228. The number of carbonyl (C=O) groups excluding carboxylic acids is 1. The molecule has 0 saturated carbocycles. The maximum absolute atomic E-state index is 12.5. The number of amides is 1. The normalized spacial score (nSPS) is 13.1. The molecule has 4 nitrogen and oxygen atoms in total. The molecule has 1 amide bonds. The van der Waals surface area contributed by atoms with Crippen LogP contribution in [0.2, 0.25) is 0 Å². The number of carbonyl (C=O) groups is 1. The largest absolute Gasteiger partial charge is 0.395 e. The van der Waals surface area contributed by atoms with Crippen molar-refractivity contribution in [2.75, 3.05) is 19.7 Å². The molecule has 0 spiro atoms. The summed E-state index contributed by atoms with van der Waals surface area (Å²) in [5.74, 6) is 0.450. The van der Waals surface area contributed by atoms with Crippen LogP contribution in [0.25, 0.3) is 0 Å². The molecule has 0 aromatic carbocycles. The van der Waals surface area contributed by atoms with Crippen molar-refractivity contribution in [2.45, 2.75) is 53.0 Å². The molecular formula is C14H30N2O2. The summed E-state index contributed by atoms with van der Waals surface area (Å²) in [5, 5.41) is 9.14. The quantitative estimate of drug-likeness (QED) is 0.660. The minimum atomic E-state index is -0.114. The SMILES string of the molecule is CCC(CC)N(CCO)C(=O)C(CN)CC(C)C. The molecule has 3 N–H and O–H groups in total. The fourth-order valence-electron chi connectivity index (χ4n) is 2.41. The fraction of sp³-hybridized carbons (Fsp3) is 0.929. The van der Waals surface area contributed by atoms with Crippen molar-refractivity contribution < 1.29 is 9.90 Å². The predicted molar refractivity (Wildman–Crippen MR) is 75.2 cm³/mol. The molecule has 4 heteroatoms. The van der Waals surface area contributed by atoms with Gasteiger partial charge in [0.1, 0.15) is 0 Å². The minimum Gasteiger partial charge on any atom is -0.395 e. The number of rotatable bonds is 9. The average molecular weight is 258 g/mol. The van der Waals surface area contributed by atoms with E-state index in [1.807, 2.05) is 4.90 Å². The van der Waals surface area contributed by atoms with Crippen molar-refractivity contribution in [3.63, 3.8) is 0 Å². The lowest BCUT2D eigenvalue weighted by molar-refractivity contribution is -0.139. The van der Waals surface area contributed by atoms with Crippen LogP contribution in [0.4, 0.5) is 0 Å². The Hall–Kier alpha value is -0.610. The third kappa shape index (κ3) is 5.36. The monoisotopic (exact) mass is 258 g/mol. The Labute approximate surface area is 112 Å². The van der Waals surface area contributed by atoms with Gasteiger partial charge in [-0.15, -0.1) is 0 Å². The smallest absolute Gasteiger partial charge is 0.227 e. The van der Waals surface area contributed by atoms with Crippen LogP contribution in [-0.4, -0.2) is 41.7 Å². The van der Waals surface area contributed by atoms with Crippen LogP contribution in [-0.2, 0) is 4.79 Å². The first kappa shape index (κ1) is 17.4. The van der Waals surface area contributed by atoms with E-state index in [1.54, 1.807) is 0 Å². The van der Waals surface area contributed by atoms with Crippen LogP contribution in [0.5, 0.6) is 0 Å². The highest BCUT2D eigenvalue weighted by molar-refractivity contribution is 5.79. The van der Waals surface area contributed by atoms with E-state index in [4.69, 9.17) is 10.8 Å². The fourth-order valence-corrected chi connectivity index (χ4v) is 2.41. The van der Waals surface area contributed by atoms with E-state index in [9.17, 15) is 4.79 Å². The highest BCUT2D eigenvalue weighted by Crippen LogP contribution is 2.17. The number of hydrogen-bond donors (Lipinski definition) is 2. The maximum Gasteiger partial charge on any atom is 0.227 e. The maximum atomic E-state index is 12.5. The first-order chi connectivity index (χ1) is 8.51. The first-order valence-corrected chi connectivity index (χ1v) is 7.13. The standard InChI is InChI=1S/C14H30N2O2/c1-5-13(6-2)16(7-8-17)14(18)12(10-15)9-11(3)4/h11-13,17H,5-10,15H2,1-4H3. The number of aliphatic hydroxyl groups excluding tert-OH is 1. The van der Waals surface area contributed by atoms with Gasteiger partial charge in [0.2, 0.25) is 5.91 Å². The molecule has 0 fully saturated rings.